The number of phosphoric acid groups is 1. The Morgan fingerprint density at radius 2 is 0.684 bits per heavy atom. The van der Waals surface area contributed by atoms with Gasteiger partial charge in [-0.3, -0.25) is 18.6 Å². The Morgan fingerprint density at radius 1 is 0.395 bits per heavy atom. The third-order valence-electron chi connectivity index (χ3n) is 15.1. The fraction of sp³-hybridized carbons (Fsp3) is 0.909. The van der Waals surface area contributed by atoms with E-state index in [9.17, 15) is 19.0 Å². The number of hydrogen-bond acceptors (Lipinski definition) is 8. The highest BCUT2D eigenvalue weighted by atomic mass is 31.2. The van der Waals surface area contributed by atoms with Crippen molar-refractivity contribution in [3.63, 3.8) is 0 Å². The predicted molar refractivity (Wildman–Crippen MR) is 326 cm³/mol. The fourth-order valence-corrected chi connectivity index (χ4v) is 10.9. The molecule has 0 rings (SSSR count). The first-order chi connectivity index (χ1) is 37.3. The first-order valence-corrected chi connectivity index (χ1v) is 34.8. The minimum Gasteiger partial charge on any atom is -0.462 e. The van der Waals surface area contributed by atoms with Crippen LogP contribution in [0.4, 0.5) is 0 Å². The lowest BCUT2D eigenvalue weighted by molar-refractivity contribution is -0.161. The summed E-state index contributed by atoms with van der Waals surface area (Å²) in [5.41, 5.74) is 5.39. The summed E-state index contributed by atoms with van der Waals surface area (Å²) in [5.74, 6) is -0.814. The van der Waals surface area contributed by atoms with Gasteiger partial charge in [-0.1, -0.05) is 321 Å². The van der Waals surface area contributed by atoms with Crippen LogP contribution in [0.2, 0.25) is 0 Å². The van der Waals surface area contributed by atoms with E-state index in [2.05, 4.69) is 38.2 Å². The molecule has 10 heteroatoms. The van der Waals surface area contributed by atoms with Gasteiger partial charge in [0.25, 0.3) is 0 Å². The van der Waals surface area contributed by atoms with Crippen molar-refractivity contribution >= 4 is 19.8 Å². The van der Waals surface area contributed by atoms with Crippen molar-refractivity contribution in [2.45, 2.75) is 360 Å². The standard InChI is InChI=1S/C66H128NO8P/c1-3-5-7-9-11-13-15-17-19-21-23-24-25-26-27-28-29-30-31-32-33-34-35-36-37-38-39-41-42-44-46-48-50-52-54-56-58-65(68)72-62-64(63-74-76(70,71)73-61-60-67)75-66(69)59-57-55-53-51-49-47-45-43-40-22-20-18-16-14-12-10-8-6-4-2/h12,14,18,20,64H,3-11,13,15-17,19,21-63,67H2,1-2H3,(H,70,71)/b14-12-,20-18-. The van der Waals surface area contributed by atoms with Crippen LogP contribution in [-0.4, -0.2) is 49.3 Å². The van der Waals surface area contributed by atoms with Crippen LogP contribution in [0.1, 0.15) is 354 Å². The van der Waals surface area contributed by atoms with Crippen molar-refractivity contribution in [3.05, 3.63) is 24.3 Å². The minimum absolute atomic E-state index is 0.0549. The Bertz CT molecular complexity index is 1290. The Labute approximate surface area is 472 Å². The molecule has 0 saturated heterocycles. The van der Waals surface area contributed by atoms with Crippen molar-refractivity contribution in [1.29, 1.82) is 0 Å². The molecule has 9 nitrogen and oxygen atoms in total. The third kappa shape index (κ3) is 61.7. The van der Waals surface area contributed by atoms with E-state index >= 15 is 0 Å². The van der Waals surface area contributed by atoms with Gasteiger partial charge in [-0.15, -0.1) is 0 Å². The summed E-state index contributed by atoms with van der Waals surface area (Å²) in [6.45, 7) is 3.78. The van der Waals surface area contributed by atoms with E-state index in [0.717, 1.165) is 51.4 Å². The topological polar surface area (TPSA) is 134 Å². The van der Waals surface area contributed by atoms with Crippen LogP contribution >= 0.6 is 7.82 Å². The van der Waals surface area contributed by atoms with Crippen molar-refractivity contribution < 1.29 is 37.6 Å². The molecular weight excluding hydrogens is 966 g/mol. The molecular formula is C66H128NO8P. The SMILES string of the molecule is CCCCC/C=C\C/C=C\CCCCCCCCCCCC(=O)OC(COC(=O)CCCCCCCCCCCCCCCCCCCCCCCCCCCCCCCCCCCCCC)COP(=O)(O)OCCN. The van der Waals surface area contributed by atoms with Gasteiger partial charge in [0.15, 0.2) is 6.10 Å². The van der Waals surface area contributed by atoms with Crippen LogP contribution in [0, 0.1) is 0 Å². The number of carbonyl (C=O) groups is 2. The molecule has 2 atom stereocenters. The average Bonchev–Trinajstić information content (AvgIpc) is 3.41. The average molecular weight is 1090 g/mol. The monoisotopic (exact) mass is 1090 g/mol. The number of rotatable bonds is 64. The zero-order valence-corrected chi connectivity index (χ0v) is 51.4. The van der Waals surface area contributed by atoms with Gasteiger partial charge in [-0.05, 0) is 44.9 Å². The molecule has 0 spiro atoms. The molecule has 0 aromatic rings. The van der Waals surface area contributed by atoms with Gasteiger partial charge in [0.05, 0.1) is 13.2 Å². The van der Waals surface area contributed by atoms with Crippen LogP contribution in [0.5, 0.6) is 0 Å². The minimum atomic E-state index is -4.39. The van der Waals surface area contributed by atoms with E-state index in [4.69, 9.17) is 24.3 Å². The maximum absolute atomic E-state index is 12.7. The molecule has 0 radical (unpaired) electrons. The number of allylic oxidation sites excluding steroid dienone is 4. The van der Waals surface area contributed by atoms with Crippen molar-refractivity contribution in [2.24, 2.45) is 5.73 Å². The summed E-state index contributed by atoms with van der Waals surface area (Å²) >= 11 is 0. The largest absolute Gasteiger partial charge is 0.472 e. The number of unbranched alkanes of at least 4 members (excludes halogenated alkanes) is 47. The molecule has 0 fully saturated rings. The maximum Gasteiger partial charge on any atom is 0.472 e. The first kappa shape index (κ1) is 74.5. The molecule has 3 N–H and O–H groups in total. The summed E-state index contributed by atoms with van der Waals surface area (Å²) < 4.78 is 33.1. The normalized spacial score (nSPS) is 13.1. The zero-order chi connectivity index (χ0) is 55.2. The Morgan fingerprint density at radius 3 is 1.03 bits per heavy atom. The van der Waals surface area contributed by atoms with Gasteiger partial charge in [0.1, 0.15) is 6.61 Å². The molecule has 0 aromatic carbocycles. The fourth-order valence-electron chi connectivity index (χ4n) is 10.1. The highest BCUT2D eigenvalue weighted by Crippen LogP contribution is 2.43. The predicted octanol–water partition coefficient (Wildman–Crippen LogP) is 21.4. The van der Waals surface area contributed by atoms with Crippen molar-refractivity contribution in [1.82, 2.24) is 0 Å². The van der Waals surface area contributed by atoms with Gasteiger partial charge in [0.2, 0.25) is 0 Å². The van der Waals surface area contributed by atoms with E-state index in [1.807, 2.05) is 0 Å². The molecule has 0 aliphatic carbocycles. The molecule has 450 valence electrons. The Balaban J connectivity index is 3.77. The van der Waals surface area contributed by atoms with Crippen LogP contribution < -0.4 is 5.73 Å². The molecule has 76 heavy (non-hydrogen) atoms. The highest BCUT2D eigenvalue weighted by molar-refractivity contribution is 7.47. The van der Waals surface area contributed by atoms with Gasteiger partial charge < -0.3 is 20.1 Å². The number of nitrogens with two attached hydrogens (primary N) is 1. The number of ether oxygens (including phenoxy) is 2. The third-order valence-corrected chi connectivity index (χ3v) is 16.1. The molecule has 0 heterocycles. The van der Waals surface area contributed by atoms with E-state index in [1.165, 1.54) is 270 Å². The lowest BCUT2D eigenvalue weighted by Gasteiger charge is -2.19. The first-order valence-electron chi connectivity index (χ1n) is 33.3. The van der Waals surface area contributed by atoms with Crippen LogP contribution in [-0.2, 0) is 32.7 Å². The molecule has 0 aliphatic heterocycles. The van der Waals surface area contributed by atoms with Crippen molar-refractivity contribution in [2.75, 3.05) is 26.4 Å². The molecule has 0 saturated carbocycles. The summed E-state index contributed by atoms with van der Waals surface area (Å²) in [7, 11) is -4.39. The van der Waals surface area contributed by atoms with E-state index in [-0.39, 0.29) is 38.6 Å². The van der Waals surface area contributed by atoms with E-state index in [0.29, 0.717) is 6.42 Å². The number of esters is 2. The maximum atomic E-state index is 12.7. The molecule has 0 aromatic heterocycles. The van der Waals surface area contributed by atoms with Crippen LogP contribution in [0.3, 0.4) is 0 Å². The van der Waals surface area contributed by atoms with Gasteiger partial charge in [-0.25, -0.2) is 4.57 Å². The van der Waals surface area contributed by atoms with Crippen LogP contribution in [0.15, 0.2) is 24.3 Å². The summed E-state index contributed by atoms with van der Waals surface area (Å²) in [4.78, 5) is 35.2. The van der Waals surface area contributed by atoms with Crippen LogP contribution in [0.25, 0.3) is 0 Å². The molecule has 0 bridgehead atoms. The molecule has 0 aliphatic rings. The Kier molecular flexibility index (Phi) is 61.4. The summed E-state index contributed by atoms with van der Waals surface area (Å²) in [5, 5.41) is 0. The quantitative estimate of drug-likeness (QED) is 0.0264. The van der Waals surface area contributed by atoms with E-state index in [1.54, 1.807) is 0 Å². The summed E-state index contributed by atoms with van der Waals surface area (Å²) in [6.07, 6.45) is 75.7. The van der Waals surface area contributed by atoms with Gasteiger partial charge in [-0.2, -0.15) is 0 Å². The lowest BCUT2D eigenvalue weighted by Crippen LogP contribution is -2.29. The van der Waals surface area contributed by atoms with E-state index < -0.39 is 26.5 Å². The molecule has 0 amide bonds. The zero-order valence-electron chi connectivity index (χ0n) is 50.5. The number of hydrogen-bond donors (Lipinski definition) is 2. The Hall–Kier alpha value is -1.51. The second kappa shape index (κ2) is 62.7. The summed E-state index contributed by atoms with van der Waals surface area (Å²) in [6, 6.07) is 0. The highest BCUT2D eigenvalue weighted by Gasteiger charge is 2.26. The second-order valence-electron chi connectivity index (χ2n) is 22.7. The van der Waals surface area contributed by atoms with Gasteiger partial charge in [0, 0.05) is 19.4 Å². The lowest BCUT2D eigenvalue weighted by atomic mass is 10.0. The van der Waals surface area contributed by atoms with Crippen molar-refractivity contribution in [3.8, 4) is 0 Å². The second-order valence-corrected chi connectivity index (χ2v) is 24.2. The smallest absolute Gasteiger partial charge is 0.462 e. The van der Waals surface area contributed by atoms with Gasteiger partial charge >= 0.3 is 19.8 Å². The number of phosphoric ester groups is 1. The number of carbonyl (C=O) groups excluding carboxylic acids is 2. The molecule has 2 unspecified atom stereocenters.